The van der Waals surface area contributed by atoms with Crippen LogP contribution in [0, 0.1) is 36.9 Å². The van der Waals surface area contributed by atoms with Gasteiger partial charge in [0, 0.05) is 121 Å². The Morgan fingerprint density at radius 3 is 1.16 bits per heavy atom. The number of hydrogen-bond acceptors (Lipinski definition) is 4. The second kappa shape index (κ2) is 29.0. The van der Waals surface area contributed by atoms with Gasteiger partial charge in [0.1, 0.15) is 11.6 Å². The van der Waals surface area contributed by atoms with Gasteiger partial charge in [0.15, 0.2) is 0 Å². The summed E-state index contributed by atoms with van der Waals surface area (Å²) in [5.41, 5.74) is 19.6. The summed E-state index contributed by atoms with van der Waals surface area (Å²) in [4.78, 5) is 9.35. The summed E-state index contributed by atoms with van der Waals surface area (Å²) in [6.45, 7) is 6.85. The third kappa shape index (κ3) is 12.0. The van der Waals surface area contributed by atoms with E-state index in [2.05, 4.69) is 353 Å². The molecule has 0 saturated heterocycles. The molecule has 14 heteroatoms. The third-order valence-corrected chi connectivity index (χ3v) is 21.2. The van der Waals surface area contributed by atoms with Crippen molar-refractivity contribution >= 4 is 109 Å². The van der Waals surface area contributed by atoms with E-state index < -0.39 is 0 Å². The monoisotopic (exact) mass is 1830 g/mol. The van der Waals surface area contributed by atoms with Crippen molar-refractivity contribution < 1.29 is 60.7 Å². The molecule has 8 heterocycles. The fraction of sp³-hybridized carbons (Fsp3) is 0.0400. The van der Waals surface area contributed by atoms with E-state index >= 15 is 0 Å². The Hall–Kier alpha value is -13.5. The molecule has 0 fully saturated rings. The zero-order chi connectivity index (χ0) is 74.5. The third-order valence-electron chi connectivity index (χ3n) is 21.2. The Bertz CT molecular complexity index is 7440. The van der Waals surface area contributed by atoms with Crippen LogP contribution in [0.4, 0.5) is 0 Å². The molecule has 0 bridgehead atoms. The summed E-state index contributed by atoms with van der Waals surface area (Å²) in [5, 5.41) is 9.23. The van der Waals surface area contributed by atoms with Crippen molar-refractivity contribution in [3.05, 3.63) is 389 Å². The normalized spacial score (nSPS) is 11.7. The summed E-state index contributed by atoms with van der Waals surface area (Å²) in [7, 11) is 0. The molecule has 0 aliphatic carbocycles. The van der Waals surface area contributed by atoms with E-state index in [0.29, 0.717) is 23.0 Å². The molecule has 0 saturated carbocycles. The Balaban J connectivity index is 0.000000151. The van der Waals surface area contributed by atoms with Crippen molar-refractivity contribution in [1.82, 2.24) is 37.4 Å². The molecule has 12 nitrogen and oxygen atoms in total. The quantitative estimate of drug-likeness (QED) is 0.0901. The first kappa shape index (κ1) is 70.9. The van der Waals surface area contributed by atoms with E-state index in [1.807, 2.05) is 97.3 Å². The number of fused-ring (bicyclic) bond motifs is 14. The van der Waals surface area contributed by atoms with E-state index in [1.165, 1.54) is 27.1 Å². The SMILES string of the molecule is CC(C)(C)c1ccc2c3ccccc3n(-c3ccccc3)c2c1-[n+]1[c-]n(-c2[c-]c(Oc3[c-]c4c(cc3)c3ccccc3n4-c3ccccn3)ccc2)c2ccccc21.[Pt].[Pt].[c-]1c(Oc2[c-]c3c(cc2)c2ccccc2n3-c2ccccn2)cccc1-n1[c-][n+](-c2cccc3c4ccccc4n(-c4ccccc4)c23)c2ccccc21. The zero-order valence-corrected chi connectivity index (χ0v) is 66.4. The van der Waals surface area contributed by atoms with E-state index in [4.69, 9.17) is 9.47 Å². The summed E-state index contributed by atoms with van der Waals surface area (Å²) in [6.07, 6.45) is 11.2. The molecule has 0 aliphatic rings. The Kier molecular flexibility index (Phi) is 18.0. The number of ether oxygens (including phenoxy) is 2. The average Bonchev–Trinajstić information content (AvgIpc) is 1.56. The number of para-hydroxylation sites is 11. The number of pyridine rings is 2. The number of nitrogens with zero attached hydrogens (tertiary/aromatic N) is 10. The molecule has 0 radical (unpaired) electrons. The maximum atomic E-state index is 6.58. The molecule has 22 rings (SSSR count). The van der Waals surface area contributed by atoms with Gasteiger partial charge in [0.2, 0.25) is 0 Å². The van der Waals surface area contributed by atoms with Gasteiger partial charge in [-0.05, 0) is 112 Å². The minimum atomic E-state index is -0.175. The van der Waals surface area contributed by atoms with Crippen molar-refractivity contribution in [2.24, 2.45) is 0 Å². The number of imidazole rings is 2. The molecule has 0 spiro atoms. The average molecular weight is 1830 g/mol. The van der Waals surface area contributed by atoms with Crippen molar-refractivity contribution in [3.63, 3.8) is 0 Å². The van der Waals surface area contributed by atoms with Crippen LogP contribution in [0.1, 0.15) is 26.3 Å². The van der Waals surface area contributed by atoms with Gasteiger partial charge in [0.25, 0.3) is 12.7 Å². The molecule has 8 aromatic heterocycles. The molecule has 114 heavy (non-hydrogen) atoms. The maximum Gasteiger partial charge on any atom is 0.268 e. The number of benzene rings is 14. The van der Waals surface area contributed by atoms with Gasteiger partial charge in [-0.1, -0.05) is 226 Å². The van der Waals surface area contributed by atoms with E-state index in [1.54, 1.807) is 0 Å². The van der Waals surface area contributed by atoms with Crippen LogP contribution in [0.25, 0.3) is 155 Å². The standard InChI is InChI=1S/C52H37N5O.C48H29N5O.2Pt/c1-52(2,3)43-30-29-42-40-21-8-9-22-44(40)56(35-16-5-4-6-17-35)50(42)51(43)55-34-54(46-24-11-12-25-47(46)55)36-18-15-19-37(32-36)58-38-27-28-41-39-20-7-10-23-45(39)57(48(41)33-38)49-26-13-14-31-53-49;1-2-14-33(15-3-1)52-41-21-6-5-19-38(41)40-20-13-25-45(48(40)52)51-32-50(43-23-8-9-24-44(43)51)34-16-12-17-35(30-34)54-36-27-28-39-37-18-4-7-22-42(37)53(46(39)31-36)47-26-10-11-29-49-47;;/h4-31H,1-3H3;1-29H;;/q2*-2;;. The van der Waals surface area contributed by atoms with Crippen LogP contribution in [-0.2, 0) is 47.5 Å². The minimum absolute atomic E-state index is 0. The van der Waals surface area contributed by atoms with Crippen LogP contribution in [-0.4, -0.2) is 37.4 Å². The van der Waals surface area contributed by atoms with Crippen LogP contribution >= 0.6 is 0 Å². The molecular weight excluding hydrogens is 1760 g/mol. The van der Waals surface area contributed by atoms with Crippen LogP contribution < -0.4 is 18.6 Å². The molecule has 0 aliphatic heterocycles. The smallest absolute Gasteiger partial charge is 0.268 e. The topological polar surface area (TPSA) is 81.6 Å². The van der Waals surface area contributed by atoms with Gasteiger partial charge < -0.3 is 36.9 Å². The van der Waals surface area contributed by atoms with Gasteiger partial charge in [-0.2, -0.15) is 36.4 Å². The predicted molar refractivity (Wildman–Crippen MR) is 447 cm³/mol. The van der Waals surface area contributed by atoms with Crippen molar-refractivity contribution in [3.8, 4) is 68.8 Å². The van der Waals surface area contributed by atoms with Crippen molar-refractivity contribution in [1.29, 1.82) is 0 Å². The molecule has 14 aromatic carbocycles. The van der Waals surface area contributed by atoms with Gasteiger partial charge >= 0.3 is 0 Å². The summed E-state index contributed by atoms with van der Waals surface area (Å²) >= 11 is 0. The fourth-order valence-electron chi connectivity index (χ4n) is 16.4. The first-order chi connectivity index (χ1) is 55.2. The Labute approximate surface area is 685 Å². The van der Waals surface area contributed by atoms with Crippen LogP contribution in [0.15, 0.2) is 346 Å². The first-order valence-corrected chi connectivity index (χ1v) is 37.5. The molecule has 0 amide bonds. The molecular formula is C100H66N10O2Pt2-4. The number of aromatic nitrogens is 10. The number of rotatable bonds is 12. The van der Waals surface area contributed by atoms with E-state index in [9.17, 15) is 0 Å². The van der Waals surface area contributed by atoms with Crippen LogP contribution in [0.5, 0.6) is 23.0 Å². The summed E-state index contributed by atoms with van der Waals surface area (Å²) in [6, 6.07) is 129. The number of hydrogen-bond donors (Lipinski definition) is 0. The van der Waals surface area contributed by atoms with Crippen LogP contribution in [0.2, 0.25) is 0 Å². The van der Waals surface area contributed by atoms with Gasteiger partial charge in [-0.3, -0.25) is 9.13 Å². The first-order valence-electron chi connectivity index (χ1n) is 37.5. The van der Waals surface area contributed by atoms with Crippen molar-refractivity contribution in [2.45, 2.75) is 26.2 Å². The summed E-state index contributed by atoms with van der Waals surface area (Å²) in [5.74, 6) is 3.99. The minimum Gasteiger partial charge on any atom is -0.510 e. The second-order valence-electron chi connectivity index (χ2n) is 28.9. The molecule has 552 valence electrons. The maximum absolute atomic E-state index is 6.58. The van der Waals surface area contributed by atoms with Crippen molar-refractivity contribution in [2.75, 3.05) is 0 Å². The predicted octanol–water partition coefficient (Wildman–Crippen LogP) is 22.7. The Morgan fingerprint density at radius 1 is 0.298 bits per heavy atom. The molecule has 22 aromatic rings. The summed E-state index contributed by atoms with van der Waals surface area (Å²) < 4.78 is 30.7. The van der Waals surface area contributed by atoms with Gasteiger partial charge in [-0.25, -0.2) is 9.97 Å². The van der Waals surface area contributed by atoms with Crippen LogP contribution in [0.3, 0.4) is 0 Å². The second-order valence-corrected chi connectivity index (χ2v) is 28.9. The molecule has 0 N–H and O–H groups in total. The van der Waals surface area contributed by atoms with Gasteiger partial charge in [-0.15, -0.1) is 59.3 Å². The Morgan fingerprint density at radius 2 is 0.675 bits per heavy atom. The molecule has 0 atom stereocenters. The zero-order valence-electron chi connectivity index (χ0n) is 61.8. The fourth-order valence-corrected chi connectivity index (χ4v) is 16.4. The van der Waals surface area contributed by atoms with E-state index in [0.717, 1.165) is 134 Å². The van der Waals surface area contributed by atoms with E-state index in [-0.39, 0.29) is 47.5 Å². The molecule has 0 unspecified atom stereocenters. The van der Waals surface area contributed by atoms with Gasteiger partial charge in [0.05, 0.1) is 55.5 Å². The largest absolute Gasteiger partial charge is 0.510 e.